The first kappa shape index (κ1) is 35.1. The second-order valence-electron chi connectivity index (χ2n) is 11.7. The molecule has 14 heteroatoms. The Morgan fingerprint density at radius 3 is 2.35 bits per heavy atom. The summed E-state index contributed by atoms with van der Waals surface area (Å²) >= 11 is 0. The molecule has 1 saturated heterocycles. The summed E-state index contributed by atoms with van der Waals surface area (Å²) in [7, 11) is -2.44. The number of nitrogens with zero attached hydrogens (tertiary/aromatic N) is 4. The highest BCUT2D eigenvalue weighted by Crippen LogP contribution is 2.20. The Labute approximate surface area is 268 Å². The zero-order chi connectivity index (χ0) is 33.6. The molecule has 0 spiro atoms. The number of aromatic nitrogens is 2. The number of piperazine rings is 1. The number of hydrogen-bond donors (Lipinski definition) is 3. The molecule has 3 aromatic rings. The van der Waals surface area contributed by atoms with Crippen LogP contribution in [-0.4, -0.2) is 95.0 Å². The maximum absolute atomic E-state index is 14.1. The van der Waals surface area contributed by atoms with Crippen LogP contribution < -0.4 is 10.6 Å². The van der Waals surface area contributed by atoms with Gasteiger partial charge in [-0.2, -0.15) is 4.31 Å². The number of aliphatic hydroxyl groups excluding tert-OH is 1. The molecule has 1 aliphatic rings. The lowest BCUT2D eigenvalue weighted by atomic mass is 9.94. The number of carbonyl (C=O) groups is 2. The van der Waals surface area contributed by atoms with Gasteiger partial charge >= 0.3 is 0 Å². The second-order valence-corrected chi connectivity index (χ2v) is 13.5. The van der Waals surface area contributed by atoms with Crippen molar-refractivity contribution in [3.8, 4) is 0 Å². The van der Waals surface area contributed by atoms with Crippen molar-refractivity contribution >= 4 is 21.8 Å². The van der Waals surface area contributed by atoms with Crippen LogP contribution >= 0.6 is 0 Å². The van der Waals surface area contributed by atoms with Gasteiger partial charge in [0.15, 0.2) is 0 Å². The third-order valence-corrected chi connectivity index (χ3v) is 9.76. The van der Waals surface area contributed by atoms with Gasteiger partial charge in [0.05, 0.1) is 12.1 Å². The molecule has 2 aromatic carbocycles. The van der Waals surface area contributed by atoms with E-state index < -0.39 is 45.8 Å². The molecule has 3 atom stereocenters. The van der Waals surface area contributed by atoms with Gasteiger partial charge in [-0.1, -0.05) is 13.8 Å². The Balaban J connectivity index is 1.62. The smallest absolute Gasteiger partial charge is 0.277 e. The Morgan fingerprint density at radius 2 is 1.74 bits per heavy atom. The van der Waals surface area contributed by atoms with E-state index in [0.717, 1.165) is 31.0 Å². The molecule has 2 heterocycles. The van der Waals surface area contributed by atoms with Crippen molar-refractivity contribution in [2.45, 2.75) is 63.4 Å². The highest BCUT2D eigenvalue weighted by Gasteiger charge is 2.38. The molecule has 11 nitrogen and oxygen atoms in total. The molecule has 0 saturated carbocycles. The van der Waals surface area contributed by atoms with Crippen molar-refractivity contribution in [2.24, 2.45) is 7.05 Å². The highest BCUT2D eigenvalue weighted by atomic mass is 32.2. The summed E-state index contributed by atoms with van der Waals surface area (Å²) in [6.45, 7) is 7.05. The molecule has 0 bridgehead atoms. The van der Waals surface area contributed by atoms with Crippen LogP contribution in [0.4, 0.5) is 8.78 Å². The molecular weight excluding hydrogens is 618 g/mol. The number of benzene rings is 2. The topological polar surface area (TPSA) is 137 Å². The summed E-state index contributed by atoms with van der Waals surface area (Å²) in [5, 5.41) is 17.4. The number of rotatable bonds is 13. The van der Waals surface area contributed by atoms with Gasteiger partial charge < -0.3 is 25.2 Å². The summed E-state index contributed by atoms with van der Waals surface area (Å²) in [6.07, 6.45) is 2.90. The average Bonchev–Trinajstić information content (AvgIpc) is 3.45. The van der Waals surface area contributed by atoms with E-state index in [-0.39, 0.29) is 48.2 Å². The van der Waals surface area contributed by atoms with Crippen LogP contribution in [0.2, 0.25) is 0 Å². The first-order valence-electron chi connectivity index (χ1n) is 15.4. The fourth-order valence-corrected chi connectivity index (χ4v) is 7.30. The monoisotopic (exact) mass is 660 g/mol. The van der Waals surface area contributed by atoms with Crippen molar-refractivity contribution in [3.63, 3.8) is 0 Å². The fraction of sp³-hybridized carbons (Fsp3) is 0.469. The lowest BCUT2D eigenvalue weighted by Gasteiger charge is -2.38. The number of hydrogen-bond acceptors (Lipinski definition) is 7. The third kappa shape index (κ3) is 8.35. The average molecular weight is 661 g/mol. The summed E-state index contributed by atoms with van der Waals surface area (Å²) in [5.74, 6) is -2.44. The summed E-state index contributed by atoms with van der Waals surface area (Å²) in [5.41, 5.74) is 1.39. The van der Waals surface area contributed by atoms with Crippen molar-refractivity contribution in [1.29, 1.82) is 0 Å². The molecule has 3 N–H and O–H groups in total. The summed E-state index contributed by atoms with van der Waals surface area (Å²) in [6, 6.07) is 5.82. The van der Waals surface area contributed by atoms with Gasteiger partial charge in [-0.15, -0.1) is 0 Å². The lowest BCUT2D eigenvalue weighted by molar-refractivity contribution is 0.0599. The van der Waals surface area contributed by atoms with Crippen LogP contribution in [0.5, 0.6) is 0 Å². The van der Waals surface area contributed by atoms with Crippen molar-refractivity contribution in [1.82, 2.24) is 29.4 Å². The molecule has 0 unspecified atom stereocenters. The third-order valence-electron chi connectivity index (χ3n) is 7.90. The van der Waals surface area contributed by atoms with Crippen LogP contribution in [-0.2, 0) is 23.5 Å². The first-order valence-corrected chi connectivity index (χ1v) is 16.8. The highest BCUT2D eigenvalue weighted by molar-refractivity contribution is 7.89. The van der Waals surface area contributed by atoms with E-state index in [4.69, 9.17) is 0 Å². The fourth-order valence-electron chi connectivity index (χ4n) is 5.76. The molecule has 2 amide bonds. The van der Waals surface area contributed by atoms with Crippen molar-refractivity contribution in [3.05, 3.63) is 82.7 Å². The molecule has 1 fully saturated rings. The minimum atomic E-state index is -4.00. The number of aryl methyl sites for hydroxylation is 2. The van der Waals surface area contributed by atoms with Gasteiger partial charge in [0.2, 0.25) is 5.16 Å². The van der Waals surface area contributed by atoms with E-state index in [1.807, 2.05) is 13.8 Å². The van der Waals surface area contributed by atoms with Crippen molar-refractivity contribution < 1.29 is 31.9 Å². The predicted octanol–water partition coefficient (Wildman–Crippen LogP) is 2.63. The van der Waals surface area contributed by atoms with E-state index in [1.165, 1.54) is 27.3 Å². The second kappa shape index (κ2) is 15.2. The predicted molar refractivity (Wildman–Crippen MR) is 169 cm³/mol. The van der Waals surface area contributed by atoms with Gasteiger partial charge in [0.1, 0.15) is 11.6 Å². The van der Waals surface area contributed by atoms with Gasteiger partial charge in [-0.3, -0.25) is 9.59 Å². The normalized spacial score (nSPS) is 17.0. The van der Waals surface area contributed by atoms with Gasteiger partial charge in [0.25, 0.3) is 21.8 Å². The van der Waals surface area contributed by atoms with E-state index in [9.17, 15) is 31.9 Å². The maximum atomic E-state index is 14.1. The van der Waals surface area contributed by atoms with E-state index in [1.54, 1.807) is 31.0 Å². The lowest BCUT2D eigenvalue weighted by Crippen LogP contribution is -2.62. The number of sulfonamides is 1. The quantitative estimate of drug-likeness (QED) is 0.257. The molecule has 46 heavy (non-hydrogen) atoms. The van der Waals surface area contributed by atoms with E-state index >= 15 is 0 Å². The van der Waals surface area contributed by atoms with Crippen LogP contribution in [0.15, 0.2) is 53.9 Å². The van der Waals surface area contributed by atoms with Gasteiger partial charge in [-0.05, 0) is 67.6 Å². The molecule has 1 aliphatic heterocycles. The molecule has 0 radical (unpaired) electrons. The summed E-state index contributed by atoms with van der Waals surface area (Å²) in [4.78, 5) is 32.7. The van der Waals surface area contributed by atoms with Crippen LogP contribution in [0, 0.1) is 18.6 Å². The van der Waals surface area contributed by atoms with Crippen LogP contribution in [0.1, 0.15) is 58.5 Å². The zero-order valence-electron chi connectivity index (χ0n) is 26.5. The Kier molecular flexibility index (Phi) is 11.6. The maximum Gasteiger partial charge on any atom is 0.277 e. The molecular formula is C32H42F2N6O5S. The number of nitrogens with one attached hydrogen (secondary N) is 2. The first-order chi connectivity index (χ1) is 21.8. The minimum Gasteiger partial charge on any atom is -0.389 e. The number of carbonyl (C=O) groups excluding carboxylic acids is 2. The SMILES string of the molecule is CCCN(CCC)C(=O)c1cc(C)cc(C(=O)N[C@@H](Cc2cc(F)cc(F)c2)[C@H](O)[C@H]2CN(S(=O)(=O)c3nccn3C)CCN2)c1. The molecule has 1 aromatic heterocycles. The van der Waals surface area contributed by atoms with E-state index in [0.29, 0.717) is 24.2 Å². The molecule has 250 valence electrons. The molecule has 0 aliphatic carbocycles. The van der Waals surface area contributed by atoms with E-state index in [2.05, 4.69) is 15.6 Å². The zero-order valence-corrected chi connectivity index (χ0v) is 27.4. The number of halogens is 2. The van der Waals surface area contributed by atoms with Gasteiger partial charge in [0, 0.05) is 75.4 Å². The van der Waals surface area contributed by atoms with Gasteiger partial charge in [-0.25, -0.2) is 22.2 Å². The number of imidazole rings is 1. The van der Waals surface area contributed by atoms with Crippen LogP contribution in [0.25, 0.3) is 0 Å². The standard InChI is InChI=1S/C32H42F2N6O5S/c1-5-9-39(10-6-2)31(43)24-14-21(3)13-23(18-24)30(42)37-27(17-22-15-25(33)19-26(34)16-22)29(41)28-20-40(12-8-35-28)46(44,45)32-36-7-11-38(32)4/h7,11,13-16,18-19,27-29,35,41H,5-6,8-10,12,17,20H2,1-4H3,(H,37,42)/t27-,28+,29-/m0/s1. The minimum absolute atomic E-state index is 0.123. The Bertz CT molecular complexity index is 1620. The Hall–Kier alpha value is -3.72. The Morgan fingerprint density at radius 1 is 1.09 bits per heavy atom. The van der Waals surface area contributed by atoms with Crippen LogP contribution in [0.3, 0.4) is 0 Å². The largest absolute Gasteiger partial charge is 0.389 e. The van der Waals surface area contributed by atoms with Crippen molar-refractivity contribution in [2.75, 3.05) is 32.7 Å². The number of aliphatic hydroxyl groups is 1. The number of amides is 2. The summed E-state index contributed by atoms with van der Waals surface area (Å²) < 4.78 is 57.5. The molecule has 4 rings (SSSR count).